The zero-order chi connectivity index (χ0) is 16.8. The van der Waals surface area contributed by atoms with Crippen molar-refractivity contribution in [3.05, 3.63) is 48.0 Å². The number of rotatable bonds is 7. The van der Waals surface area contributed by atoms with Gasteiger partial charge in [0.1, 0.15) is 0 Å². The number of nitrogens with one attached hydrogen (secondary N) is 2. The van der Waals surface area contributed by atoms with E-state index < -0.39 is 0 Å². The number of H-pyrrole nitrogens is 1. The summed E-state index contributed by atoms with van der Waals surface area (Å²) in [5.41, 5.74) is 3.26. The van der Waals surface area contributed by atoms with Gasteiger partial charge in [0.25, 0.3) is 0 Å². The predicted molar refractivity (Wildman–Crippen MR) is 95.9 cm³/mol. The van der Waals surface area contributed by atoms with Gasteiger partial charge in [-0.15, -0.1) is 0 Å². The molecule has 3 rings (SSSR count). The van der Waals surface area contributed by atoms with Crippen LogP contribution in [-0.4, -0.2) is 40.4 Å². The van der Waals surface area contributed by atoms with Gasteiger partial charge in [0.05, 0.1) is 6.33 Å². The van der Waals surface area contributed by atoms with Gasteiger partial charge in [-0.1, -0.05) is 12.1 Å². The zero-order valence-electron chi connectivity index (χ0n) is 14.3. The van der Waals surface area contributed by atoms with E-state index in [1.54, 1.807) is 6.33 Å². The van der Waals surface area contributed by atoms with E-state index >= 15 is 0 Å². The molecule has 0 aliphatic carbocycles. The predicted octanol–water partition coefficient (Wildman–Crippen LogP) is 3.00. The Morgan fingerprint density at radius 2 is 2.38 bits per heavy atom. The van der Waals surface area contributed by atoms with Gasteiger partial charge in [0.15, 0.2) is 0 Å². The van der Waals surface area contributed by atoms with Gasteiger partial charge in [0.2, 0.25) is 5.91 Å². The van der Waals surface area contributed by atoms with Crippen LogP contribution in [0.5, 0.6) is 0 Å². The van der Waals surface area contributed by atoms with Crippen LogP contribution in [0, 0.1) is 12.8 Å². The summed E-state index contributed by atoms with van der Waals surface area (Å²) in [6, 6.07) is 7.93. The molecule has 1 aromatic heterocycles. The Bertz CT molecular complexity index is 653. The van der Waals surface area contributed by atoms with E-state index in [1.165, 1.54) is 18.5 Å². The highest BCUT2D eigenvalue weighted by molar-refractivity contribution is 5.90. The minimum atomic E-state index is 0.0986. The lowest BCUT2D eigenvalue weighted by molar-refractivity contribution is -0.116. The number of hydrogen-bond acceptors (Lipinski definition) is 3. The van der Waals surface area contributed by atoms with E-state index in [-0.39, 0.29) is 5.91 Å². The largest absolute Gasteiger partial charge is 0.348 e. The van der Waals surface area contributed by atoms with Gasteiger partial charge < -0.3 is 15.2 Å². The average molecular weight is 326 g/mol. The molecule has 128 valence electrons. The molecule has 1 fully saturated rings. The van der Waals surface area contributed by atoms with E-state index in [2.05, 4.69) is 20.2 Å². The molecular weight excluding hydrogens is 300 g/mol. The standard InChI is InChI=1S/C19H26N4O/c1-15-3-2-4-17(11-15)22-19(24)8-10-23-9-7-16(13-23)5-6-18-12-20-14-21-18/h2-4,11-12,14,16H,5-10,13H2,1H3,(H,20,21)(H,22,24). The maximum atomic E-state index is 12.1. The highest BCUT2D eigenvalue weighted by Gasteiger charge is 2.22. The van der Waals surface area contributed by atoms with Gasteiger partial charge in [-0.3, -0.25) is 4.79 Å². The fourth-order valence-corrected chi connectivity index (χ4v) is 3.34. The number of carbonyl (C=O) groups excluding carboxylic acids is 1. The van der Waals surface area contributed by atoms with Crippen LogP contribution in [0.15, 0.2) is 36.8 Å². The molecule has 0 spiro atoms. The van der Waals surface area contributed by atoms with E-state index in [4.69, 9.17) is 0 Å². The van der Waals surface area contributed by atoms with E-state index in [0.717, 1.165) is 43.2 Å². The maximum Gasteiger partial charge on any atom is 0.225 e. The Hall–Kier alpha value is -2.14. The van der Waals surface area contributed by atoms with Crippen molar-refractivity contribution in [1.29, 1.82) is 0 Å². The molecule has 0 saturated carbocycles. The molecule has 0 radical (unpaired) electrons. The van der Waals surface area contributed by atoms with E-state index in [9.17, 15) is 4.79 Å². The molecule has 1 amide bonds. The zero-order valence-corrected chi connectivity index (χ0v) is 14.3. The lowest BCUT2D eigenvalue weighted by Gasteiger charge is -2.15. The molecule has 0 bridgehead atoms. The summed E-state index contributed by atoms with van der Waals surface area (Å²) >= 11 is 0. The molecule has 1 aromatic carbocycles. The first kappa shape index (κ1) is 16.7. The van der Waals surface area contributed by atoms with Crippen LogP contribution in [0.4, 0.5) is 5.69 Å². The van der Waals surface area contributed by atoms with Gasteiger partial charge in [-0.2, -0.15) is 0 Å². The third-order valence-electron chi connectivity index (χ3n) is 4.70. The molecule has 2 N–H and O–H groups in total. The van der Waals surface area contributed by atoms with Crippen molar-refractivity contribution in [3.8, 4) is 0 Å². The molecule has 5 nitrogen and oxygen atoms in total. The quantitative estimate of drug-likeness (QED) is 0.822. The minimum Gasteiger partial charge on any atom is -0.348 e. The van der Waals surface area contributed by atoms with Gasteiger partial charge in [-0.05, 0) is 56.3 Å². The summed E-state index contributed by atoms with van der Waals surface area (Å²) < 4.78 is 0. The van der Waals surface area contributed by atoms with Crippen LogP contribution in [0.25, 0.3) is 0 Å². The Labute approximate surface area is 143 Å². The fourth-order valence-electron chi connectivity index (χ4n) is 3.34. The van der Waals surface area contributed by atoms with Crippen LogP contribution in [-0.2, 0) is 11.2 Å². The first-order valence-electron chi connectivity index (χ1n) is 8.75. The number of amides is 1. The Kier molecular flexibility index (Phi) is 5.64. The minimum absolute atomic E-state index is 0.0986. The molecule has 1 aliphatic rings. The average Bonchev–Trinajstić information content (AvgIpc) is 3.23. The number of likely N-dealkylation sites (tertiary alicyclic amines) is 1. The van der Waals surface area contributed by atoms with Crippen molar-refractivity contribution in [2.24, 2.45) is 5.92 Å². The van der Waals surface area contributed by atoms with Gasteiger partial charge in [-0.25, -0.2) is 4.98 Å². The van der Waals surface area contributed by atoms with Crippen LogP contribution >= 0.6 is 0 Å². The number of aryl methyl sites for hydroxylation is 2. The Morgan fingerprint density at radius 3 is 3.17 bits per heavy atom. The number of anilines is 1. The first-order valence-corrected chi connectivity index (χ1v) is 8.75. The topological polar surface area (TPSA) is 61.0 Å². The highest BCUT2D eigenvalue weighted by atomic mass is 16.1. The Morgan fingerprint density at radius 1 is 1.46 bits per heavy atom. The lowest BCUT2D eigenvalue weighted by Crippen LogP contribution is -2.26. The second-order valence-corrected chi connectivity index (χ2v) is 6.74. The number of hydrogen-bond donors (Lipinski definition) is 2. The van der Waals surface area contributed by atoms with Crippen molar-refractivity contribution < 1.29 is 4.79 Å². The third-order valence-corrected chi connectivity index (χ3v) is 4.70. The number of imidazole rings is 1. The molecule has 1 atom stereocenters. The number of aromatic nitrogens is 2. The monoisotopic (exact) mass is 326 g/mol. The normalized spacial score (nSPS) is 18.0. The first-order chi connectivity index (χ1) is 11.7. The Balaban J connectivity index is 1.35. The molecule has 1 saturated heterocycles. The van der Waals surface area contributed by atoms with E-state index in [1.807, 2.05) is 37.4 Å². The summed E-state index contributed by atoms with van der Waals surface area (Å²) in [6.45, 7) is 5.08. The third kappa shape index (κ3) is 4.93. The van der Waals surface area contributed by atoms with Crippen LogP contribution in [0.2, 0.25) is 0 Å². The molecule has 2 aromatic rings. The number of aromatic amines is 1. The maximum absolute atomic E-state index is 12.1. The highest BCUT2D eigenvalue weighted by Crippen LogP contribution is 2.21. The summed E-state index contributed by atoms with van der Waals surface area (Å²) in [6.07, 6.45) is 7.68. The summed E-state index contributed by atoms with van der Waals surface area (Å²) in [7, 11) is 0. The second kappa shape index (κ2) is 8.11. The SMILES string of the molecule is Cc1cccc(NC(=O)CCN2CCC(CCc3cnc[nH]3)C2)c1. The second-order valence-electron chi connectivity index (χ2n) is 6.74. The lowest BCUT2D eigenvalue weighted by atomic mass is 10.0. The van der Waals surface area contributed by atoms with Crippen molar-refractivity contribution in [2.45, 2.75) is 32.6 Å². The van der Waals surface area contributed by atoms with Crippen LogP contribution < -0.4 is 5.32 Å². The van der Waals surface area contributed by atoms with Crippen LogP contribution in [0.3, 0.4) is 0 Å². The van der Waals surface area contributed by atoms with Crippen molar-refractivity contribution in [3.63, 3.8) is 0 Å². The molecule has 1 aliphatic heterocycles. The summed E-state index contributed by atoms with van der Waals surface area (Å²) in [5.74, 6) is 0.828. The molecule has 5 heteroatoms. The molecular formula is C19H26N4O. The van der Waals surface area contributed by atoms with Crippen molar-refractivity contribution >= 4 is 11.6 Å². The number of nitrogens with zero attached hydrogens (tertiary/aromatic N) is 2. The number of carbonyl (C=O) groups is 1. The molecule has 2 heterocycles. The van der Waals surface area contributed by atoms with E-state index in [0.29, 0.717) is 6.42 Å². The van der Waals surface area contributed by atoms with Crippen LogP contribution in [0.1, 0.15) is 30.5 Å². The number of benzene rings is 1. The summed E-state index contributed by atoms with van der Waals surface area (Å²) in [5, 5.41) is 2.98. The summed E-state index contributed by atoms with van der Waals surface area (Å²) in [4.78, 5) is 21.7. The van der Waals surface area contributed by atoms with Gasteiger partial charge in [0, 0.05) is 37.1 Å². The molecule has 24 heavy (non-hydrogen) atoms. The van der Waals surface area contributed by atoms with Gasteiger partial charge >= 0.3 is 0 Å². The van der Waals surface area contributed by atoms with Crippen molar-refractivity contribution in [1.82, 2.24) is 14.9 Å². The fraction of sp³-hybridized carbons (Fsp3) is 0.474. The van der Waals surface area contributed by atoms with Crippen molar-refractivity contribution in [2.75, 3.05) is 25.0 Å². The smallest absolute Gasteiger partial charge is 0.225 e. The molecule has 1 unspecified atom stereocenters.